The molecule has 1 spiro atoms. The van der Waals surface area contributed by atoms with E-state index in [9.17, 15) is 0 Å². The third kappa shape index (κ3) is 4.06. The van der Waals surface area contributed by atoms with Gasteiger partial charge in [0.2, 0.25) is 0 Å². The Morgan fingerprint density at radius 3 is 1.69 bits per heavy atom. The second kappa shape index (κ2) is 11.0. The van der Waals surface area contributed by atoms with Crippen molar-refractivity contribution in [3.05, 3.63) is 210 Å². The zero-order valence-corrected chi connectivity index (χ0v) is 28.6. The second-order valence-corrected chi connectivity index (χ2v) is 14.7. The topological polar surface area (TPSA) is 4.93 Å². The summed E-state index contributed by atoms with van der Waals surface area (Å²) in [4.78, 5) is 2.61. The van der Waals surface area contributed by atoms with Crippen LogP contribution in [0.5, 0.6) is 0 Å². The molecule has 1 atom stereocenters. The first-order valence-electron chi connectivity index (χ1n) is 17.6. The van der Waals surface area contributed by atoms with Crippen LogP contribution >= 0.6 is 11.8 Å². The number of aromatic nitrogens is 1. The van der Waals surface area contributed by atoms with Crippen molar-refractivity contribution < 1.29 is 0 Å². The lowest BCUT2D eigenvalue weighted by atomic mass is 9.62. The van der Waals surface area contributed by atoms with E-state index in [1.54, 1.807) is 0 Å². The summed E-state index contributed by atoms with van der Waals surface area (Å²) >= 11 is 1.90. The molecule has 0 amide bonds. The summed E-state index contributed by atoms with van der Waals surface area (Å²) in [6.07, 6.45) is 0. The van der Waals surface area contributed by atoms with Gasteiger partial charge in [0.15, 0.2) is 0 Å². The third-order valence-electron chi connectivity index (χ3n) is 11.0. The van der Waals surface area contributed by atoms with Gasteiger partial charge in [0.25, 0.3) is 0 Å². The molecule has 0 N–H and O–H groups in total. The fraction of sp³-hybridized carbons (Fsp3) is 0.0204. The zero-order valence-electron chi connectivity index (χ0n) is 27.8. The van der Waals surface area contributed by atoms with Crippen molar-refractivity contribution in [2.45, 2.75) is 15.2 Å². The van der Waals surface area contributed by atoms with E-state index in [0.717, 1.165) is 0 Å². The number of rotatable bonds is 3. The highest BCUT2D eigenvalue weighted by Crippen LogP contribution is 2.60. The van der Waals surface area contributed by atoms with E-state index in [4.69, 9.17) is 0 Å². The van der Waals surface area contributed by atoms with Crippen LogP contribution in [0.15, 0.2) is 198 Å². The van der Waals surface area contributed by atoms with E-state index in [1.165, 1.54) is 92.9 Å². The second-order valence-electron chi connectivity index (χ2n) is 13.7. The van der Waals surface area contributed by atoms with Crippen molar-refractivity contribution in [2.24, 2.45) is 0 Å². The van der Waals surface area contributed by atoms with Crippen LogP contribution < -0.4 is 0 Å². The van der Waals surface area contributed by atoms with Crippen LogP contribution in [0.4, 0.5) is 0 Å². The van der Waals surface area contributed by atoms with Crippen LogP contribution in [0, 0.1) is 0 Å². The molecule has 9 aromatic rings. The average Bonchev–Trinajstić information content (AvgIpc) is 3.55. The highest BCUT2D eigenvalue weighted by atomic mass is 32.2. The number of nitrogens with zero attached hydrogens (tertiary/aromatic N) is 1. The van der Waals surface area contributed by atoms with Gasteiger partial charge in [-0.1, -0.05) is 151 Å². The molecule has 0 bridgehead atoms. The van der Waals surface area contributed by atoms with Gasteiger partial charge in [-0.2, -0.15) is 0 Å². The van der Waals surface area contributed by atoms with Crippen molar-refractivity contribution in [1.82, 2.24) is 4.57 Å². The Bertz CT molecular complexity index is 2770. The smallest absolute Gasteiger partial charge is 0.0764 e. The van der Waals surface area contributed by atoms with Gasteiger partial charge in [0.1, 0.15) is 0 Å². The molecule has 51 heavy (non-hydrogen) atoms. The summed E-state index contributed by atoms with van der Waals surface area (Å²) in [6.45, 7) is 0. The Balaban J connectivity index is 1.24. The van der Waals surface area contributed by atoms with Crippen LogP contribution in [0.1, 0.15) is 22.3 Å². The standard InChI is InChI=1S/C49H31NS/c1-3-14-32(15-4-1)35-28-36(33-16-5-2-6-17-33)30-37(29-35)34-26-27-47-43(31-34)49(41-21-9-12-25-46(41)51-47)40-20-8-11-24-45(40)50-44-23-10-7-18-38(44)39-19-13-22-42(49)48(39)50/h1-31H. The molecule has 0 saturated carbocycles. The first-order chi connectivity index (χ1) is 25.3. The number of hydrogen-bond donors (Lipinski definition) is 0. The lowest BCUT2D eigenvalue weighted by Gasteiger charge is -2.45. The Morgan fingerprint density at radius 1 is 0.353 bits per heavy atom. The van der Waals surface area contributed by atoms with Crippen molar-refractivity contribution in [2.75, 3.05) is 0 Å². The number of para-hydroxylation sites is 3. The summed E-state index contributed by atoms with van der Waals surface area (Å²) in [7, 11) is 0. The normalized spacial score (nSPS) is 15.5. The molecule has 0 fully saturated rings. The molecule has 0 radical (unpaired) electrons. The predicted molar refractivity (Wildman–Crippen MR) is 213 cm³/mol. The van der Waals surface area contributed by atoms with Crippen LogP contribution in [0.3, 0.4) is 0 Å². The number of hydrogen-bond acceptors (Lipinski definition) is 1. The van der Waals surface area contributed by atoms with Gasteiger partial charge in [0, 0.05) is 20.6 Å². The summed E-state index contributed by atoms with van der Waals surface area (Å²) < 4.78 is 2.52. The van der Waals surface area contributed by atoms with Crippen LogP contribution in [-0.2, 0) is 5.41 Å². The van der Waals surface area contributed by atoms with Gasteiger partial charge in [-0.05, 0) is 104 Å². The maximum absolute atomic E-state index is 2.52. The molecule has 2 heteroatoms. The summed E-state index contributed by atoms with van der Waals surface area (Å²) in [6, 6.07) is 69.9. The fourth-order valence-corrected chi connectivity index (χ4v) is 10.1. The molecule has 1 unspecified atom stereocenters. The Kier molecular flexibility index (Phi) is 6.17. The van der Waals surface area contributed by atoms with Crippen molar-refractivity contribution in [3.63, 3.8) is 0 Å². The molecule has 2 aliphatic rings. The largest absolute Gasteiger partial charge is 0.309 e. The quantitative estimate of drug-likeness (QED) is 0.182. The van der Waals surface area contributed by atoms with E-state index in [1.807, 2.05) is 11.8 Å². The van der Waals surface area contributed by atoms with Crippen molar-refractivity contribution in [3.8, 4) is 39.1 Å². The molecule has 8 aromatic carbocycles. The Morgan fingerprint density at radius 2 is 0.922 bits per heavy atom. The summed E-state index contributed by atoms with van der Waals surface area (Å²) in [5.74, 6) is 0. The molecule has 0 saturated heterocycles. The van der Waals surface area contributed by atoms with Crippen molar-refractivity contribution in [1.29, 1.82) is 0 Å². The van der Waals surface area contributed by atoms with E-state index in [2.05, 4.69) is 193 Å². The fourth-order valence-electron chi connectivity index (χ4n) is 8.89. The number of fused-ring (bicyclic) bond motifs is 11. The van der Waals surface area contributed by atoms with Gasteiger partial charge in [-0.25, -0.2) is 0 Å². The molecule has 0 aliphatic carbocycles. The Hall–Kier alpha value is -6.09. The van der Waals surface area contributed by atoms with Gasteiger partial charge in [0.05, 0.1) is 22.1 Å². The molecule has 3 heterocycles. The van der Waals surface area contributed by atoms with Crippen molar-refractivity contribution >= 4 is 33.6 Å². The minimum Gasteiger partial charge on any atom is -0.309 e. The number of benzene rings is 8. The maximum atomic E-state index is 2.52. The SMILES string of the molecule is c1ccc(-c2cc(-c3ccccc3)cc(-c3ccc4c(c3)C3(c5ccccc5S4)c4ccccc4-n4c5ccccc5c5cccc3c54)c2)cc1. The molecule has 2 aliphatic heterocycles. The van der Waals surface area contributed by atoms with Gasteiger partial charge in [-0.15, -0.1) is 0 Å². The summed E-state index contributed by atoms with van der Waals surface area (Å²) in [5.41, 5.74) is 15.9. The lowest BCUT2D eigenvalue weighted by molar-refractivity contribution is 0.690. The van der Waals surface area contributed by atoms with E-state index < -0.39 is 5.41 Å². The zero-order chi connectivity index (χ0) is 33.5. The summed E-state index contributed by atoms with van der Waals surface area (Å²) in [5, 5.41) is 2.59. The first kappa shape index (κ1) is 28.7. The highest BCUT2D eigenvalue weighted by molar-refractivity contribution is 7.99. The maximum Gasteiger partial charge on any atom is 0.0764 e. The van der Waals surface area contributed by atoms with E-state index >= 15 is 0 Å². The van der Waals surface area contributed by atoms with E-state index in [-0.39, 0.29) is 0 Å². The van der Waals surface area contributed by atoms with Gasteiger partial charge in [-0.3, -0.25) is 0 Å². The van der Waals surface area contributed by atoms with Gasteiger partial charge >= 0.3 is 0 Å². The molecule has 238 valence electrons. The van der Waals surface area contributed by atoms with E-state index in [0.29, 0.717) is 0 Å². The molecule has 1 nitrogen and oxygen atoms in total. The third-order valence-corrected chi connectivity index (χ3v) is 12.2. The minimum atomic E-state index is -0.507. The molecular formula is C49H31NS. The molecule has 1 aromatic heterocycles. The molecule has 11 rings (SSSR count). The van der Waals surface area contributed by atoms with Gasteiger partial charge < -0.3 is 4.57 Å². The van der Waals surface area contributed by atoms with Crippen LogP contribution in [0.2, 0.25) is 0 Å². The first-order valence-corrected chi connectivity index (χ1v) is 18.4. The van der Waals surface area contributed by atoms with Crippen LogP contribution in [0.25, 0.3) is 60.9 Å². The lowest BCUT2D eigenvalue weighted by Crippen LogP contribution is -2.37. The Labute approximate surface area is 301 Å². The monoisotopic (exact) mass is 665 g/mol. The highest BCUT2D eigenvalue weighted by Gasteiger charge is 2.49. The van der Waals surface area contributed by atoms with Crippen LogP contribution in [-0.4, -0.2) is 4.57 Å². The minimum absolute atomic E-state index is 0.507. The predicted octanol–water partition coefficient (Wildman–Crippen LogP) is 12.9. The average molecular weight is 666 g/mol. The molecular weight excluding hydrogens is 635 g/mol.